The molecule has 0 heterocycles. The number of ether oxygens (including phenoxy) is 2. The molecule has 0 spiro atoms. The zero-order valence-corrected chi connectivity index (χ0v) is 25.1. The van der Waals surface area contributed by atoms with Gasteiger partial charge < -0.3 is 9.47 Å². The van der Waals surface area contributed by atoms with E-state index >= 15 is 0 Å². The lowest BCUT2D eigenvalue weighted by Gasteiger charge is -2.11. The maximum absolute atomic E-state index is 12.7. The van der Waals surface area contributed by atoms with E-state index < -0.39 is 0 Å². The van der Waals surface area contributed by atoms with Gasteiger partial charge in [0.1, 0.15) is 5.75 Å². The summed E-state index contributed by atoms with van der Waals surface area (Å²) in [7, 11) is 1.72. The molecule has 0 N–H and O–H groups in total. The summed E-state index contributed by atoms with van der Waals surface area (Å²) in [5.74, 6) is 0.229. The number of aryl methyl sites for hydroxylation is 1. The molecule has 0 fully saturated rings. The van der Waals surface area contributed by atoms with Crippen molar-refractivity contribution in [3.63, 3.8) is 0 Å². The zero-order chi connectivity index (χ0) is 28.4. The third-order valence-electron chi connectivity index (χ3n) is 7.89. The predicted octanol–water partition coefficient (Wildman–Crippen LogP) is 10.9. The maximum atomic E-state index is 12.7. The molecule has 0 aliphatic rings. The zero-order valence-electron chi connectivity index (χ0n) is 25.1. The van der Waals surface area contributed by atoms with Gasteiger partial charge in [-0.15, -0.1) is 0 Å². The number of hydrogen-bond acceptors (Lipinski definition) is 3. The van der Waals surface area contributed by atoms with Gasteiger partial charge in [-0.3, -0.25) is 0 Å². The van der Waals surface area contributed by atoms with Gasteiger partial charge in [0.05, 0.1) is 11.7 Å². The average Bonchev–Trinajstić information content (AvgIpc) is 3.00. The van der Waals surface area contributed by atoms with Gasteiger partial charge in [0, 0.05) is 7.11 Å². The molecular weight excluding hydrogens is 492 g/mol. The molecule has 0 saturated heterocycles. The second-order valence-electron chi connectivity index (χ2n) is 11.1. The highest BCUT2D eigenvalue weighted by atomic mass is 16.5. The first-order valence-corrected chi connectivity index (χ1v) is 15.6. The summed E-state index contributed by atoms with van der Waals surface area (Å²) in [5, 5.41) is 0. The first kappa shape index (κ1) is 31.6. The van der Waals surface area contributed by atoms with Gasteiger partial charge in [-0.2, -0.15) is 0 Å². The molecule has 3 nitrogen and oxygen atoms in total. The summed E-state index contributed by atoms with van der Waals surface area (Å²) in [4.78, 5) is 12.7. The lowest BCUT2D eigenvalue weighted by Crippen LogP contribution is -2.08. The van der Waals surface area contributed by atoms with Crippen LogP contribution in [-0.4, -0.2) is 13.1 Å². The molecule has 216 valence electrons. The van der Waals surface area contributed by atoms with Crippen LogP contribution < -0.4 is 4.74 Å². The molecule has 3 aromatic rings. The third-order valence-corrected chi connectivity index (χ3v) is 7.89. The molecule has 0 radical (unpaired) electrons. The van der Waals surface area contributed by atoms with Gasteiger partial charge in [-0.25, -0.2) is 4.79 Å². The van der Waals surface area contributed by atoms with E-state index in [1.54, 1.807) is 7.11 Å². The molecule has 0 saturated carbocycles. The second-order valence-corrected chi connectivity index (χ2v) is 11.1. The van der Waals surface area contributed by atoms with E-state index in [1.807, 2.05) is 43.3 Å². The Morgan fingerprint density at radius 2 is 1.10 bits per heavy atom. The summed E-state index contributed by atoms with van der Waals surface area (Å²) >= 11 is 0. The average molecular weight is 543 g/mol. The highest BCUT2D eigenvalue weighted by Crippen LogP contribution is 2.25. The van der Waals surface area contributed by atoms with Gasteiger partial charge >= 0.3 is 5.97 Å². The van der Waals surface area contributed by atoms with E-state index in [-0.39, 0.29) is 12.1 Å². The molecule has 3 aromatic carbocycles. The van der Waals surface area contributed by atoms with Crippen molar-refractivity contribution in [1.82, 2.24) is 0 Å². The first-order valence-electron chi connectivity index (χ1n) is 15.6. The van der Waals surface area contributed by atoms with Crippen molar-refractivity contribution in [3.05, 3.63) is 89.5 Å². The van der Waals surface area contributed by atoms with E-state index in [0.29, 0.717) is 11.3 Å². The van der Waals surface area contributed by atoms with E-state index in [2.05, 4.69) is 43.3 Å². The Morgan fingerprint density at radius 1 is 0.625 bits per heavy atom. The van der Waals surface area contributed by atoms with Gasteiger partial charge in [0.25, 0.3) is 0 Å². The number of carbonyl (C=O) groups is 1. The fraction of sp³-hybridized carbons (Fsp3) is 0.486. The number of carbonyl (C=O) groups excluding carboxylic acids is 1. The largest absolute Gasteiger partial charge is 0.423 e. The van der Waals surface area contributed by atoms with Crippen LogP contribution in [-0.2, 0) is 11.2 Å². The van der Waals surface area contributed by atoms with Crippen molar-refractivity contribution in [2.24, 2.45) is 0 Å². The van der Waals surface area contributed by atoms with Gasteiger partial charge in [0.2, 0.25) is 0 Å². The van der Waals surface area contributed by atoms with E-state index in [1.165, 1.54) is 89.0 Å². The van der Waals surface area contributed by atoms with Crippen molar-refractivity contribution in [2.45, 2.75) is 110 Å². The molecule has 3 rings (SSSR count). The van der Waals surface area contributed by atoms with Crippen LogP contribution in [0.25, 0.3) is 11.1 Å². The van der Waals surface area contributed by atoms with Gasteiger partial charge in [-0.05, 0) is 66.3 Å². The Balaban J connectivity index is 1.31. The lowest BCUT2D eigenvalue weighted by atomic mass is 10.0. The van der Waals surface area contributed by atoms with Crippen LogP contribution in [0.3, 0.4) is 0 Å². The Labute approximate surface area is 243 Å². The number of methoxy groups -OCH3 is 1. The van der Waals surface area contributed by atoms with Crippen LogP contribution in [0.15, 0.2) is 72.8 Å². The lowest BCUT2D eigenvalue weighted by molar-refractivity contribution is 0.0734. The van der Waals surface area contributed by atoms with Crippen molar-refractivity contribution in [1.29, 1.82) is 0 Å². The minimum absolute atomic E-state index is 0.0733. The Bertz CT molecular complexity index is 1080. The SMILES string of the molecule is CCCCCCCCCCCCCCCc1ccc(C(=O)Oc2ccc(-c3ccc(C(C)OC)cc3)cc2)cc1. The van der Waals surface area contributed by atoms with Crippen LogP contribution in [0.4, 0.5) is 0 Å². The van der Waals surface area contributed by atoms with E-state index in [4.69, 9.17) is 9.47 Å². The number of benzene rings is 3. The minimum Gasteiger partial charge on any atom is -0.423 e. The smallest absolute Gasteiger partial charge is 0.343 e. The van der Waals surface area contributed by atoms with Crippen molar-refractivity contribution in [3.8, 4) is 16.9 Å². The molecule has 0 aliphatic heterocycles. The van der Waals surface area contributed by atoms with Crippen LogP contribution in [0.5, 0.6) is 5.75 Å². The molecule has 0 aliphatic carbocycles. The molecule has 0 aromatic heterocycles. The second kappa shape index (κ2) is 18.4. The highest BCUT2D eigenvalue weighted by molar-refractivity contribution is 5.91. The summed E-state index contributed by atoms with van der Waals surface area (Å²) in [6.45, 7) is 4.31. The molecule has 0 amide bonds. The number of rotatable bonds is 19. The highest BCUT2D eigenvalue weighted by Gasteiger charge is 2.10. The third kappa shape index (κ3) is 11.3. The van der Waals surface area contributed by atoms with Crippen LogP contribution in [0.2, 0.25) is 0 Å². The monoisotopic (exact) mass is 542 g/mol. The maximum Gasteiger partial charge on any atom is 0.343 e. The molecule has 40 heavy (non-hydrogen) atoms. The summed E-state index contributed by atoms with van der Waals surface area (Å²) < 4.78 is 11.0. The normalized spacial score (nSPS) is 11.9. The van der Waals surface area contributed by atoms with Gasteiger partial charge in [-0.1, -0.05) is 133 Å². The summed E-state index contributed by atoms with van der Waals surface area (Å²) in [5.41, 5.74) is 5.21. The molecule has 3 heteroatoms. The molecule has 1 unspecified atom stereocenters. The Morgan fingerprint density at radius 3 is 1.60 bits per heavy atom. The summed E-state index contributed by atoms with van der Waals surface area (Å²) in [6, 6.07) is 23.9. The number of unbranched alkanes of at least 4 members (excludes halogenated alkanes) is 12. The fourth-order valence-corrected chi connectivity index (χ4v) is 5.12. The minimum atomic E-state index is -0.321. The first-order chi connectivity index (χ1) is 19.6. The number of esters is 1. The Kier molecular flexibility index (Phi) is 14.6. The molecule has 0 bridgehead atoms. The van der Waals surface area contributed by atoms with Crippen LogP contribution in [0.1, 0.15) is 125 Å². The Hall–Kier alpha value is -2.91. The van der Waals surface area contributed by atoms with Crippen LogP contribution in [0, 0.1) is 0 Å². The standard InChI is InChI=1S/C37H50O3/c1-4-5-6-7-8-9-10-11-12-13-14-15-16-17-31-18-20-35(21-19-31)37(38)40-36-28-26-34(27-29-36)33-24-22-32(23-25-33)30(2)39-3/h18-30H,4-17H2,1-3H3. The van der Waals surface area contributed by atoms with E-state index in [9.17, 15) is 4.79 Å². The topological polar surface area (TPSA) is 35.5 Å². The fourth-order valence-electron chi connectivity index (χ4n) is 5.12. The molecular formula is C37H50O3. The van der Waals surface area contributed by atoms with Crippen LogP contribution >= 0.6 is 0 Å². The van der Waals surface area contributed by atoms with E-state index in [0.717, 1.165) is 23.1 Å². The van der Waals surface area contributed by atoms with Crippen molar-refractivity contribution >= 4 is 5.97 Å². The van der Waals surface area contributed by atoms with Crippen molar-refractivity contribution in [2.75, 3.05) is 7.11 Å². The number of hydrogen-bond donors (Lipinski definition) is 0. The van der Waals surface area contributed by atoms with Gasteiger partial charge in [0.15, 0.2) is 0 Å². The molecule has 1 atom stereocenters. The predicted molar refractivity (Wildman–Crippen MR) is 168 cm³/mol. The quantitative estimate of drug-likeness (QED) is 0.0858. The van der Waals surface area contributed by atoms with Crippen molar-refractivity contribution < 1.29 is 14.3 Å². The summed E-state index contributed by atoms with van der Waals surface area (Å²) in [6.07, 6.45) is 19.0.